The standard InChI is InChI=1S/C16H25NO3/c1-4-5-10-20-11-6-9-17-16(18)14-8-7-13(2)15(12-14)19-3/h7-8,12H,4-6,9-11H2,1-3H3,(H,17,18). The fraction of sp³-hybridized carbons (Fsp3) is 0.562. The number of carbonyl (C=O) groups excluding carboxylic acids is 1. The molecule has 0 aliphatic carbocycles. The number of hydrogen-bond donors (Lipinski definition) is 1. The summed E-state index contributed by atoms with van der Waals surface area (Å²) in [5.41, 5.74) is 1.65. The second-order valence-corrected chi connectivity index (χ2v) is 4.76. The molecule has 112 valence electrons. The Labute approximate surface area is 121 Å². The topological polar surface area (TPSA) is 47.6 Å². The third-order valence-electron chi connectivity index (χ3n) is 3.06. The molecule has 1 amide bonds. The van der Waals surface area contributed by atoms with Crippen molar-refractivity contribution in [2.24, 2.45) is 0 Å². The van der Waals surface area contributed by atoms with Crippen LogP contribution in [0.2, 0.25) is 0 Å². The molecule has 4 heteroatoms. The molecule has 4 nitrogen and oxygen atoms in total. The maximum atomic E-state index is 12.0. The van der Waals surface area contributed by atoms with Crippen molar-refractivity contribution in [3.8, 4) is 5.75 Å². The lowest BCUT2D eigenvalue weighted by Gasteiger charge is -2.09. The Morgan fingerprint density at radius 2 is 2.00 bits per heavy atom. The van der Waals surface area contributed by atoms with Crippen LogP contribution in [0.15, 0.2) is 18.2 Å². The summed E-state index contributed by atoms with van der Waals surface area (Å²) in [7, 11) is 1.61. The fourth-order valence-corrected chi connectivity index (χ4v) is 1.79. The minimum Gasteiger partial charge on any atom is -0.496 e. The summed E-state index contributed by atoms with van der Waals surface area (Å²) >= 11 is 0. The molecule has 0 atom stereocenters. The van der Waals surface area contributed by atoms with Crippen LogP contribution in [-0.2, 0) is 4.74 Å². The normalized spacial score (nSPS) is 10.3. The number of carbonyl (C=O) groups is 1. The van der Waals surface area contributed by atoms with Gasteiger partial charge in [-0.25, -0.2) is 0 Å². The van der Waals surface area contributed by atoms with E-state index in [0.717, 1.165) is 37.2 Å². The predicted octanol–water partition coefficient (Wildman–Crippen LogP) is 2.94. The van der Waals surface area contributed by atoms with Crippen LogP contribution in [0, 0.1) is 6.92 Å². The summed E-state index contributed by atoms with van der Waals surface area (Å²) in [6, 6.07) is 5.47. The van der Waals surface area contributed by atoms with Crippen LogP contribution in [-0.4, -0.2) is 32.8 Å². The van der Waals surface area contributed by atoms with Crippen molar-refractivity contribution in [3.05, 3.63) is 29.3 Å². The first-order valence-electron chi connectivity index (χ1n) is 7.19. The first-order valence-corrected chi connectivity index (χ1v) is 7.19. The monoisotopic (exact) mass is 279 g/mol. The number of ether oxygens (including phenoxy) is 2. The summed E-state index contributed by atoms with van der Waals surface area (Å²) in [6.45, 7) is 6.21. The number of aryl methyl sites for hydroxylation is 1. The van der Waals surface area contributed by atoms with Crippen LogP contribution < -0.4 is 10.1 Å². The van der Waals surface area contributed by atoms with E-state index in [-0.39, 0.29) is 5.91 Å². The Hall–Kier alpha value is -1.55. The highest BCUT2D eigenvalue weighted by atomic mass is 16.5. The maximum absolute atomic E-state index is 12.0. The zero-order chi connectivity index (χ0) is 14.8. The summed E-state index contributed by atoms with van der Waals surface area (Å²) in [6.07, 6.45) is 3.07. The van der Waals surface area contributed by atoms with E-state index in [1.165, 1.54) is 0 Å². The smallest absolute Gasteiger partial charge is 0.251 e. The van der Waals surface area contributed by atoms with Crippen LogP contribution >= 0.6 is 0 Å². The number of amides is 1. The highest BCUT2D eigenvalue weighted by molar-refractivity contribution is 5.94. The number of rotatable bonds is 9. The van der Waals surface area contributed by atoms with E-state index in [1.807, 2.05) is 19.1 Å². The molecule has 0 fully saturated rings. The van der Waals surface area contributed by atoms with E-state index in [9.17, 15) is 4.79 Å². The number of unbranched alkanes of at least 4 members (excludes halogenated alkanes) is 1. The van der Waals surface area contributed by atoms with Gasteiger partial charge < -0.3 is 14.8 Å². The third-order valence-corrected chi connectivity index (χ3v) is 3.06. The van der Waals surface area contributed by atoms with Crippen molar-refractivity contribution in [2.75, 3.05) is 26.9 Å². The molecule has 0 radical (unpaired) electrons. The van der Waals surface area contributed by atoms with Crippen LogP contribution in [0.5, 0.6) is 5.75 Å². The first-order chi connectivity index (χ1) is 9.69. The first kappa shape index (κ1) is 16.5. The van der Waals surface area contributed by atoms with Crippen molar-refractivity contribution < 1.29 is 14.3 Å². The third kappa shape index (κ3) is 5.61. The van der Waals surface area contributed by atoms with Crippen molar-refractivity contribution in [1.82, 2.24) is 5.32 Å². The van der Waals surface area contributed by atoms with Gasteiger partial charge in [0.15, 0.2) is 0 Å². The lowest BCUT2D eigenvalue weighted by Crippen LogP contribution is -2.25. The van der Waals surface area contributed by atoms with Gasteiger partial charge in [0.2, 0.25) is 0 Å². The summed E-state index contributed by atoms with van der Waals surface area (Å²) in [5, 5.41) is 2.89. The predicted molar refractivity (Wildman–Crippen MR) is 80.4 cm³/mol. The average molecular weight is 279 g/mol. The van der Waals surface area contributed by atoms with Gasteiger partial charge in [0.25, 0.3) is 5.91 Å². The molecule has 0 heterocycles. The van der Waals surface area contributed by atoms with Gasteiger partial charge in [0.1, 0.15) is 5.75 Å². The molecule has 0 bridgehead atoms. The number of hydrogen-bond acceptors (Lipinski definition) is 3. The van der Waals surface area contributed by atoms with Gasteiger partial charge in [0, 0.05) is 25.3 Å². The van der Waals surface area contributed by atoms with E-state index in [4.69, 9.17) is 9.47 Å². The molecule has 1 aromatic carbocycles. The summed E-state index contributed by atoms with van der Waals surface area (Å²) < 4.78 is 10.7. The van der Waals surface area contributed by atoms with E-state index < -0.39 is 0 Å². The van der Waals surface area contributed by atoms with Gasteiger partial charge >= 0.3 is 0 Å². The molecule has 0 saturated heterocycles. The molecule has 0 aromatic heterocycles. The molecule has 0 saturated carbocycles. The quantitative estimate of drug-likeness (QED) is 0.707. The molecular formula is C16H25NO3. The van der Waals surface area contributed by atoms with E-state index in [1.54, 1.807) is 13.2 Å². The molecule has 1 N–H and O–H groups in total. The number of benzene rings is 1. The number of nitrogens with one attached hydrogen (secondary N) is 1. The molecule has 20 heavy (non-hydrogen) atoms. The molecule has 0 aliphatic heterocycles. The second-order valence-electron chi connectivity index (χ2n) is 4.76. The zero-order valence-corrected chi connectivity index (χ0v) is 12.7. The van der Waals surface area contributed by atoms with Gasteiger partial charge in [-0.1, -0.05) is 19.4 Å². The van der Waals surface area contributed by atoms with Gasteiger partial charge in [-0.3, -0.25) is 4.79 Å². The van der Waals surface area contributed by atoms with Gasteiger partial charge in [-0.2, -0.15) is 0 Å². The highest BCUT2D eigenvalue weighted by Gasteiger charge is 2.07. The zero-order valence-electron chi connectivity index (χ0n) is 12.7. The SMILES string of the molecule is CCCCOCCCNC(=O)c1ccc(C)c(OC)c1. The van der Waals surface area contributed by atoms with E-state index >= 15 is 0 Å². The summed E-state index contributed by atoms with van der Waals surface area (Å²) in [5.74, 6) is 0.664. The van der Waals surface area contributed by atoms with Crippen LogP contribution in [0.4, 0.5) is 0 Å². The Morgan fingerprint density at radius 1 is 1.25 bits per heavy atom. The van der Waals surface area contributed by atoms with Crippen LogP contribution in [0.25, 0.3) is 0 Å². The minimum absolute atomic E-state index is 0.0724. The Bertz CT molecular complexity index is 418. The minimum atomic E-state index is -0.0724. The molecule has 1 rings (SSSR count). The molecule has 1 aromatic rings. The second kappa shape index (κ2) is 9.37. The average Bonchev–Trinajstić information content (AvgIpc) is 2.46. The van der Waals surface area contributed by atoms with Crippen molar-refractivity contribution in [1.29, 1.82) is 0 Å². The van der Waals surface area contributed by atoms with Gasteiger partial charge in [-0.05, 0) is 37.5 Å². The Morgan fingerprint density at radius 3 is 2.70 bits per heavy atom. The van der Waals surface area contributed by atoms with Crippen molar-refractivity contribution >= 4 is 5.91 Å². The lowest BCUT2D eigenvalue weighted by atomic mass is 10.1. The van der Waals surface area contributed by atoms with E-state index in [0.29, 0.717) is 18.7 Å². The summed E-state index contributed by atoms with van der Waals surface area (Å²) in [4.78, 5) is 12.0. The highest BCUT2D eigenvalue weighted by Crippen LogP contribution is 2.18. The molecule has 0 spiro atoms. The van der Waals surface area contributed by atoms with Crippen molar-refractivity contribution in [2.45, 2.75) is 33.1 Å². The maximum Gasteiger partial charge on any atom is 0.251 e. The van der Waals surface area contributed by atoms with Crippen molar-refractivity contribution in [3.63, 3.8) is 0 Å². The van der Waals surface area contributed by atoms with E-state index in [2.05, 4.69) is 12.2 Å². The van der Waals surface area contributed by atoms with Gasteiger partial charge in [0.05, 0.1) is 7.11 Å². The fourth-order valence-electron chi connectivity index (χ4n) is 1.79. The molecular weight excluding hydrogens is 254 g/mol. The van der Waals surface area contributed by atoms with Crippen LogP contribution in [0.1, 0.15) is 42.1 Å². The molecule has 0 aliphatic rings. The Kier molecular flexibility index (Phi) is 7.73. The lowest BCUT2D eigenvalue weighted by molar-refractivity contribution is 0.0940. The van der Waals surface area contributed by atoms with Crippen LogP contribution in [0.3, 0.4) is 0 Å². The van der Waals surface area contributed by atoms with Gasteiger partial charge in [-0.15, -0.1) is 0 Å². The Balaban J connectivity index is 2.29. The molecule has 0 unspecified atom stereocenters. The largest absolute Gasteiger partial charge is 0.496 e. The number of methoxy groups -OCH3 is 1.